The Morgan fingerprint density at radius 1 is 1.07 bits per heavy atom. The van der Waals surface area contributed by atoms with Gasteiger partial charge in [-0.3, -0.25) is 0 Å². The first-order chi connectivity index (χ1) is 6.84. The minimum absolute atomic E-state index is 0.751. The van der Waals surface area contributed by atoms with Gasteiger partial charge in [0, 0.05) is 17.6 Å². The van der Waals surface area contributed by atoms with Crippen LogP contribution in [0, 0.1) is 0 Å². The van der Waals surface area contributed by atoms with Crippen LogP contribution in [0.3, 0.4) is 0 Å². The Kier molecular flexibility index (Phi) is 2.14. The largest absolute Gasteiger partial charge is 0.316 e. The van der Waals surface area contributed by atoms with Crippen LogP contribution in [0.15, 0.2) is 22.7 Å². The van der Waals surface area contributed by atoms with Crippen LogP contribution < -0.4 is 5.32 Å². The summed E-state index contributed by atoms with van der Waals surface area (Å²) in [7, 11) is 0. The zero-order valence-corrected chi connectivity index (χ0v) is 9.68. The average Bonchev–Trinajstić information content (AvgIpc) is 2.51. The molecule has 1 aromatic carbocycles. The Morgan fingerprint density at radius 2 is 1.79 bits per heavy atom. The zero-order chi connectivity index (χ0) is 9.54. The summed E-state index contributed by atoms with van der Waals surface area (Å²) < 4.78 is 1.23. The van der Waals surface area contributed by atoms with Gasteiger partial charge in [0.2, 0.25) is 0 Å². The fraction of sp³-hybridized carbons (Fsp3) is 0.500. The van der Waals surface area contributed by atoms with Gasteiger partial charge in [-0.25, -0.2) is 0 Å². The van der Waals surface area contributed by atoms with Crippen molar-refractivity contribution < 1.29 is 0 Å². The molecule has 2 unspecified atom stereocenters. The van der Waals surface area contributed by atoms with E-state index in [1.807, 2.05) is 0 Å². The van der Waals surface area contributed by atoms with E-state index < -0.39 is 0 Å². The highest BCUT2D eigenvalue weighted by Gasteiger charge is 2.29. The molecular formula is C12H14BrN. The molecule has 0 aromatic heterocycles. The highest BCUT2D eigenvalue weighted by atomic mass is 79.9. The van der Waals surface area contributed by atoms with Crippen molar-refractivity contribution in [1.82, 2.24) is 5.32 Å². The van der Waals surface area contributed by atoms with Crippen LogP contribution in [0.1, 0.15) is 35.8 Å². The smallest absolute Gasteiger partial charge is 0.0178 e. The number of fused-ring (bicyclic) bond motifs is 3. The van der Waals surface area contributed by atoms with E-state index in [0.29, 0.717) is 0 Å². The molecule has 74 valence electrons. The lowest BCUT2D eigenvalue weighted by atomic mass is 9.78. The van der Waals surface area contributed by atoms with Gasteiger partial charge in [0.15, 0.2) is 0 Å². The summed E-state index contributed by atoms with van der Waals surface area (Å²) in [6.45, 7) is 2.34. The zero-order valence-electron chi connectivity index (χ0n) is 8.09. The molecule has 14 heavy (non-hydrogen) atoms. The van der Waals surface area contributed by atoms with Crippen LogP contribution in [-0.4, -0.2) is 13.1 Å². The molecule has 0 spiro atoms. The highest BCUT2D eigenvalue weighted by molar-refractivity contribution is 9.10. The maximum atomic E-state index is 3.57. The minimum atomic E-state index is 0.751. The quantitative estimate of drug-likeness (QED) is 0.748. The molecule has 1 saturated heterocycles. The third-order valence-corrected chi connectivity index (χ3v) is 4.07. The Morgan fingerprint density at radius 3 is 2.57 bits per heavy atom. The number of benzene rings is 1. The van der Waals surface area contributed by atoms with Gasteiger partial charge in [0.1, 0.15) is 0 Å². The first-order valence-corrected chi connectivity index (χ1v) is 6.14. The van der Waals surface area contributed by atoms with E-state index >= 15 is 0 Å². The maximum Gasteiger partial charge on any atom is 0.0178 e. The van der Waals surface area contributed by atoms with Crippen LogP contribution >= 0.6 is 15.9 Å². The number of nitrogens with one attached hydrogen (secondary N) is 1. The summed E-state index contributed by atoms with van der Waals surface area (Å²) >= 11 is 3.57. The molecule has 2 atom stereocenters. The molecule has 3 aliphatic rings. The van der Waals surface area contributed by atoms with Gasteiger partial charge in [-0.05, 0) is 47.9 Å². The topological polar surface area (TPSA) is 12.0 Å². The third kappa shape index (κ3) is 1.32. The lowest BCUT2D eigenvalue weighted by molar-refractivity contribution is 0.549. The van der Waals surface area contributed by atoms with Crippen molar-refractivity contribution in [3.05, 3.63) is 33.8 Å². The lowest BCUT2D eigenvalue weighted by Gasteiger charge is -2.26. The molecule has 2 bridgehead atoms. The van der Waals surface area contributed by atoms with Crippen LogP contribution in [0.5, 0.6) is 0 Å². The molecule has 1 aliphatic carbocycles. The van der Waals surface area contributed by atoms with E-state index in [2.05, 4.69) is 39.4 Å². The number of hydrogen-bond acceptors (Lipinski definition) is 1. The number of halogens is 1. The molecule has 1 fully saturated rings. The van der Waals surface area contributed by atoms with Crippen LogP contribution in [0.4, 0.5) is 0 Å². The number of rotatable bonds is 0. The predicted molar refractivity (Wildman–Crippen MR) is 61.7 cm³/mol. The van der Waals surface area contributed by atoms with Crippen molar-refractivity contribution in [3.63, 3.8) is 0 Å². The van der Waals surface area contributed by atoms with Gasteiger partial charge in [0.05, 0.1) is 0 Å². The molecule has 0 radical (unpaired) electrons. The Bertz CT molecular complexity index is 357. The highest BCUT2D eigenvalue weighted by Crippen LogP contribution is 2.41. The molecule has 0 saturated carbocycles. The van der Waals surface area contributed by atoms with Crippen molar-refractivity contribution in [3.8, 4) is 0 Å². The fourth-order valence-electron chi connectivity index (χ4n) is 2.84. The van der Waals surface area contributed by atoms with Crippen LogP contribution in [0.2, 0.25) is 0 Å². The SMILES string of the molecule is Brc1ccc2c(c1)C1CCC2CNC1. The summed E-state index contributed by atoms with van der Waals surface area (Å²) in [6, 6.07) is 6.81. The van der Waals surface area contributed by atoms with Crippen molar-refractivity contribution in [2.75, 3.05) is 13.1 Å². The molecule has 1 nitrogen and oxygen atoms in total. The van der Waals surface area contributed by atoms with E-state index in [0.717, 1.165) is 11.8 Å². The first kappa shape index (κ1) is 8.93. The fourth-order valence-corrected chi connectivity index (χ4v) is 3.22. The standard InChI is InChI=1S/C12H14BrN/c13-10-3-4-11-8-1-2-9(7-14-6-8)12(11)5-10/h3-5,8-9,14H,1-2,6-7H2. The minimum Gasteiger partial charge on any atom is -0.316 e. The second-order valence-electron chi connectivity index (χ2n) is 4.40. The van der Waals surface area contributed by atoms with E-state index in [1.165, 1.54) is 30.4 Å². The first-order valence-electron chi connectivity index (χ1n) is 5.34. The molecule has 1 N–H and O–H groups in total. The summed E-state index contributed by atoms with van der Waals surface area (Å²) in [5.74, 6) is 1.51. The van der Waals surface area contributed by atoms with E-state index in [9.17, 15) is 0 Å². The second-order valence-corrected chi connectivity index (χ2v) is 5.32. The Hall–Kier alpha value is -0.340. The van der Waals surface area contributed by atoms with Crippen molar-refractivity contribution in [2.45, 2.75) is 24.7 Å². The van der Waals surface area contributed by atoms with Crippen molar-refractivity contribution >= 4 is 15.9 Å². The van der Waals surface area contributed by atoms with E-state index in [4.69, 9.17) is 0 Å². The predicted octanol–water partition coefficient (Wildman–Crippen LogP) is 3.01. The van der Waals surface area contributed by atoms with Crippen molar-refractivity contribution in [1.29, 1.82) is 0 Å². The number of hydrogen-bond donors (Lipinski definition) is 1. The van der Waals surface area contributed by atoms with Gasteiger partial charge >= 0.3 is 0 Å². The summed E-state index contributed by atoms with van der Waals surface area (Å²) in [5, 5.41) is 3.56. The molecule has 4 rings (SSSR count). The lowest BCUT2D eigenvalue weighted by Crippen LogP contribution is -2.18. The normalized spacial score (nSPS) is 29.8. The molecule has 2 aliphatic heterocycles. The van der Waals surface area contributed by atoms with Crippen LogP contribution in [0.25, 0.3) is 0 Å². The molecule has 1 aromatic rings. The summed E-state index contributed by atoms with van der Waals surface area (Å²) in [6.07, 6.45) is 2.73. The van der Waals surface area contributed by atoms with E-state index in [-0.39, 0.29) is 0 Å². The maximum absolute atomic E-state index is 3.57. The summed E-state index contributed by atoms with van der Waals surface area (Å²) in [5.41, 5.74) is 3.18. The van der Waals surface area contributed by atoms with Gasteiger partial charge in [-0.2, -0.15) is 0 Å². The van der Waals surface area contributed by atoms with Gasteiger partial charge in [-0.1, -0.05) is 22.0 Å². The second kappa shape index (κ2) is 3.35. The third-order valence-electron chi connectivity index (χ3n) is 3.57. The van der Waals surface area contributed by atoms with Crippen LogP contribution in [-0.2, 0) is 0 Å². The van der Waals surface area contributed by atoms with Crippen molar-refractivity contribution in [2.24, 2.45) is 0 Å². The van der Waals surface area contributed by atoms with E-state index in [1.54, 1.807) is 11.1 Å². The monoisotopic (exact) mass is 251 g/mol. The molecule has 2 heterocycles. The summed E-state index contributed by atoms with van der Waals surface area (Å²) in [4.78, 5) is 0. The molecule has 2 heteroatoms. The molecule has 0 amide bonds. The Balaban J connectivity index is 2.15. The molecular weight excluding hydrogens is 238 g/mol. The Labute approximate surface area is 93.0 Å². The average molecular weight is 252 g/mol. The van der Waals surface area contributed by atoms with Gasteiger partial charge in [-0.15, -0.1) is 0 Å². The van der Waals surface area contributed by atoms with Gasteiger partial charge in [0.25, 0.3) is 0 Å². The van der Waals surface area contributed by atoms with Gasteiger partial charge < -0.3 is 5.32 Å².